The van der Waals surface area contributed by atoms with Gasteiger partial charge in [0.1, 0.15) is 18.6 Å². The number of carbonyl (C=O) groups is 5. The number of carbonyl (C=O) groups excluding carboxylic acids is 3. The molecule has 2 unspecified atom stereocenters. The Kier molecular flexibility index (Phi) is 6.75. The number of hydrogen-bond acceptors (Lipinski definition) is 5. The summed E-state index contributed by atoms with van der Waals surface area (Å²) in [5.41, 5.74) is 0.888. The first-order chi connectivity index (χ1) is 13.6. The zero-order valence-electron chi connectivity index (χ0n) is 15.8. The quantitative estimate of drug-likeness (QED) is 0.432. The van der Waals surface area contributed by atoms with Crippen molar-refractivity contribution in [3.8, 4) is 0 Å². The monoisotopic (exact) mass is 406 g/mol. The van der Waals surface area contributed by atoms with Crippen LogP contribution < -0.4 is 20.9 Å². The van der Waals surface area contributed by atoms with Gasteiger partial charge in [-0.15, -0.1) is 0 Å². The molecule has 0 spiro atoms. The molecule has 2 rings (SSSR count). The van der Waals surface area contributed by atoms with Crippen molar-refractivity contribution in [2.45, 2.75) is 32.4 Å². The van der Waals surface area contributed by atoms with E-state index in [4.69, 9.17) is 10.2 Å². The van der Waals surface area contributed by atoms with E-state index in [1.165, 1.54) is 4.90 Å². The first-order valence-corrected chi connectivity index (χ1v) is 8.82. The van der Waals surface area contributed by atoms with E-state index in [9.17, 15) is 24.0 Å². The van der Waals surface area contributed by atoms with E-state index in [1.807, 2.05) is 0 Å². The van der Waals surface area contributed by atoms with Crippen molar-refractivity contribution in [2.24, 2.45) is 5.92 Å². The lowest BCUT2D eigenvalue weighted by molar-refractivity contribution is -0.147. The number of hydrogen-bond donors (Lipinski definition) is 5. The number of carboxylic acid groups (broad SMARTS) is 2. The Morgan fingerprint density at radius 2 is 1.79 bits per heavy atom. The number of nitrogens with one attached hydrogen (secondary N) is 3. The Hall–Kier alpha value is -3.63. The van der Waals surface area contributed by atoms with Crippen LogP contribution in [0.3, 0.4) is 0 Å². The van der Waals surface area contributed by atoms with E-state index in [1.54, 1.807) is 38.1 Å². The summed E-state index contributed by atoms with van der Waals surface area (Å²) in [6.45, 7) is 3.01. The second-order valence-electron chi connectivity index (χ2n) is 6.82. The SMILES string of the molecule is CC(C)C(NC(=O)N1CC(=O)Nc2ccccc21)C(=O)NC(CC(=O)O)C(=O)O. The Balaban J connectivity index is 2.17. The molecule has 2 atom stereocenters. The number of para-hydroxylation sites is 2. The van der Waals surface area contributed by atoms with Crippen molar-refractivity contribution in [1.29, 1.82) is 0 Å². The van der Waals surface area contributed by atoms with Crippen molar-refractivity contribution in [3.63, 3.8) is 0 Å². The summed E-state index contributed by atoms with van der Waals surface area (Å²) in [5.74, 6) is -4.57. The summed E-state index contributed by atoms with van der Waals surface area (Å²) in [5, 5.41) is 25.2. The highest BCUT2D eigenvalue weighted by molar-refractivity contribution is 6.10. The van der Waals surface area contributed by atoms with Crippen LogP contribution in [0.1, 0.15) is 20.3 Å². The number of aliphatic carboxylic acids is 2. The summed E-state index contributed by atoms with van der Waals surface area (Å²) in [4.78, 5) is 60.3. The lowest BCUT2D eigenvalue weighted by Gasteiger charge is -2.31. The molecule has 5 N–H and O–H groups in total. The van der Waals surface area contributed by atoms with Gasteiger partial charge in [-0.2, -0.15) is 0 Å². The number of amides is 4. The molecule has 1 aromatic carbocycles. The van der Waals surface area contributed by atoms with Crippen LogP contribution >= 0.6 is 0 Å². The van der Waals surface area contributed by atoms with Gasteiger partial charge in [-0.1, -0.05) is 26.0 Å². The molecule has 4 amide bonds. The van der Waals surface area contributed by atoms with E-state index < -0.39 is 54.2 Å². The molecular formula is C18H22N4O7. The zero-order chi connectivity index (χ0) is 21.7. The summed E-state index contributed by atoms with van der Waals surface area (Å²) in [6.07, 6.45) is -0.806. The smallest absolute Gasteiger partial charge is 0.326 e. The minimum atomic E-state index is -1.64. The number of urea groups is 1. The standard InChI is InChI=1S/C18H22N4O7/c1-9(2)15(16(26)20-11(17(27)28)7-14(24)25)21-18(29)22-8-13(23)19-10-5-3-4-6-12(10)22/h3-6,9,11,15H,7-8H2,1-2H3,(H,19,23)(H,20,26)(H,21,29)(H,24,25)(H,27,28). The fraction of sp³-hybridized carbons (Fsp3) is 0.389. The lowest BCUT2D eigenvalue weighted by atomic mass is 10.0. The number of rotatable bonds is 7. The molecule has 0 fully saturated rings. The van der Waals surface area contributed by atoms with Gasteiger partial charge in [0, 0.05) is 0 Å². The molecule has 0 radical (unpaired) electrons. The fourth-order valence-corrected chi connectivity index (χ4v) is 2.80. The summed E-state index contributed by atoms with van der Waals surface area (Å²) >= 11 is 0. The Morgan fingerprint density at radius 3 is 2.38 bits per heavy atom. The van der Waals surface area contributed by atoms with E-state index in [0.29, 0.717) is 11.4 Å². The summed E-state index contributed by atoms with van der Waals surface area (Å²) < 4.78 is 0. The van der Waals surface area contributed by atoms with Gasteiger partial charge in [0.15, 0.2) is 0 Å². The molecule has 1 aliphatic heterocycles. The Morgan fingerprint density at radius 1 is 1.14 bits per heavy atom. The molecule has 0 aliphatic carbocycles. The topological polar surface area (TPSA) is 165 Å². The average Bonchev–Trinajstić information content (AvgIpc) is 2.63. The molecule has 0 aromatic heterocycles. The second kappa shape index (κ2) is 9.04. The van der Waals surface area contributed by atoms with Crippen molar-refractivity contribution in [3.05, 3.63) is 24.3 Å². The molecule has 156 valence electrons. The van der Waals surface area contributed by atoms with Crippen molar-refractivity contribution >= 4 is 41.2 Å². The van der Waals surface area contributed by atoms with Crippen molar-refractivity contribution in [2.75, 3.05) is 16.8 Å². The van der Waals surface area contributed by atoms with Gasteiger partial charge in [0.25, 0.3) is 0 Å². The molecular weight excluding hydrogens is 384 g/mol. The zero-order valence-corrected chi connectivity index (χ0v) is 15.8. The first-order valence-electron chi connectivity index (χ1n) is 8.82. The van der Waals surface area contributed by atoms with Crippen LogP contribution in [0.2, 0.25) is 0 Å². The third kappa shape index (κ3) is 5.43. The lowest BCUT2D eigenvalue weighted by Crippen LogP contribution is -2.57. The van der Waals surface area contributed by atoms with Gasteiger partial charge >= 0.3 is 18.0 Å². The van der Waals surface area contributed by atoms with Gasteiger partial charge in [0.2, 0.25) is 11.8 Å². The van der Waals surface area contributed by atoms with E-state index in [2.05, 4.69) is 16.0 Å². The third-order valence-corrected chi connectivity index (χ3v) is 4.24. The van der Waals surface area contributed by atoms with Crippen molar-refractivity contribution in [1.82, 2.24) is 10.6 Å². The predicted octanol–water partition coefficient (Wildman–Crippen LogP) is 0.223. The van der Waals surface area contributed by atoms with E-state index in [-0.39, 0.29) is 6.54 Å². The maximum Gasteiger partial charge on any atom is 0.326 e. The normalized spacial score (nSPS) is 15.0. The molecule has 1 heterocycles. The molecule has 1 aromatic rings. The van der Waals surface area contributed by atoms with Gasteiger partial charge < -0.3 is 26.2 Å². The highest BCUT2D eigenvalue weighted by Gasteiger charge is 2.33. The largest absolute Gasteiger partial charge is 0.481 e. The first kappa shape index (κ1) is 21.7. The molecule has 0 saturated carbocycles. The molecule has 11 nitrogen and oxygen atoms in total. The summed E-state index contributed by atoms with van der Waals surface area (Å²) in [7, 11) is 0. The molecule has 0 saturated heterocycles. The van der Waals surface area contributed by atoms with Gasteiger partial charge in [-0.25, -0.2) is 9.59 Å². The van der Waals surface area contributed by atoms with E-state index in [0.717, 1.165) is 0 Å². The van der Waals surface area contributed by atoms with Crippen LogP contribution in [0.15, 0.2) is 24.3 Å². The Bertz CT molecular complexity index is 839. The molecule has 1 aliphatic rings. The van der Waals surface area contributed by atoms with Crippen LogP contribution in [0.5, 0.6) is 0 Å². The van der Waals surface area contributed by atoms with E-state index >= 15 is 0 Å². The number of nitrogens with zero attached hydrogens (tertiary/aromatic N) is 1. The maximum absolute atomic E-state index is 12.8. The van der Waals surface area contributed by atoms with Gasteiger partial charge in [-0.05, 0) is 18.1 Å². The predicted molar refractivity (Wildman–Crippen MR) is 101 cm³/mol. The highest BCUT2D eigenvalue weighted by Crippen LogP contribution is 2.28. The number of benzene rings is 1. The van der Waals surface area contributed by atoms with Gasteiger partial charge in [0.05, 0.1) is 17.8 Å². The van der Waals surface area contributed by atoms with Crippen molar-refractivity contribution < 1.29 is 34.2 Å². The second-order valence-corrected chi connectivity index (χ2v) is 6.82. The fourth-order valence-electron chi connectivity index (χ4n) is 2.80. The molecule has 11 heteroatoms. The minimum Gasteiger partial charge on any atom is -0.481 e. The molecule has 0 bridgehead atoms. The number of anilines is 2. The van der Waals surface area contributed by atoms with Gasteiger partial charge in [-0.3, -0.25) is 19.3 Å². The van der Waals surface area contributed by atoms with Crippen LogP contribution in [0.25, 0.3) is 0 Å². The highest BCUT2D eigenvalue weighted by atomic mass is 16.4. The molecule has 29 heavy (non-hydrogen) atoms. The maximum atomic E-state index is 12.8. The van der Waals surface area contributed by atoms with Crippen LogP contribution in [-0.4, -0.2) is 58.6 Å². The summed E-state index contributed by atoms with van der Waals surface area (Å²) in [6, 6.07) is 3.14. The number of carboxylic acids is 2. The van der Waals surface area contributed by atoms with Crippen LogP contribution in [-0.2, 0) is 19.2 Å². The minimum absolute atomic E-state index is 0.258. The van der Waals surface area contributed by atoms with Crippen LogP contribution in [0.4, 0.5) is 16.2 Å². The van der Waals surface area contributed by atoms with Crippen LogP contribution in [0, 0.1) is 5.92 Å². The average molecular weight is 406 g/mol. The Labute approximate surface area is 166 Å². The third-order valence-electron chi connectivity index (χ3n) is 4.24. The number of fused-ring (bicyclic) bond motifs is 1.